The van der Waals surface area contributed by atoms with Crippen LogP contribution >= 0.6 is 12.4 Å². The van der Waals surface area contributed by atoms with E-state index in [-0.39, 0.29) is 12.4 Å². The molecule has 0 saturated heterocycles. The van der Waals surface area contributed by atoms with Gasteiger partial charge in [0.2, 0.25) is 0 Å². The number of aliphatic carboxylic acids is 1. The van der Waals surface area contributed by atoms with E-state index in [9.17, 15) is 4.79 Å². The van der Waals surface area contributed by atoms with Gasteiger partial charge in [0, 0.05) is 5.57 Å². The van der Waals surface area contributed by atoms with Gasteiger partial charge < -0.3 is 14.9 Å². The van der Waals surface area contributed by atoms with Crippen LogP contribution in [-0.4, -0.2) is 63.2 Å². The molecule has 4 nitrogen and oxygen atoms in total. The number of rotatable bonds is 2. The molecule has 106 valence electrons. The van der Waals surface area contributed by atoms with E-state index in [1.807, 2.05) is 59.0 Å². The second-order valence-electron chi connectivity index (χ2n) is 4.28. The molecule has 0 aliphatic heterocycles. The summed E-state index contributed by atoms with van der Waals surface area (Å²) in [5.41, 5.74) is 0.424. The Labute approximate surface area is 113 Å². The molecule has 0 aliphatic carbocycles. The molecular formula is C12H29ClN2O2. The lowest BCUT2D eigenvalue weighted by Gasteiger charge is -1.90. The van der Waals surface area contributed by atoms with Crippen LogP contribution in [0.25, 0.3) is 0 Å². The first-order valence-electron chi connectivity index (χ1n) is 5.27. The lowest BCUT2D eigenvalue weighted by atomic mass is 10.2. The fraction of sp³-hybridized carbons (Fsp3) is 0.750. The molecule has 0 saturated carbocycles. The third-order valence-corrected chi connectivity index (χ3v) is 0.848. The molecule has 0 rings (SSSR count). The van der Waals surface area contributed by atoms with E-state index in [1.165, 1.54) is 0 Å². The third-order valence-electron chi connectivity index (χ3n) is 0.848. The van der Waals surface area contributed by atoms with Crippen molar-refractivity contribution in [1.82, 2.24) is 9.80 Å². The van der Waals surface area contributed by atoms with Crippen molar-refractivity contribution in [3.63, 3.8) is 0 Å². The molecule has 17 heavy (non-hydrogen) atoms. The monoisotopic (exact) mass is 268 g/mol. The van der Waals surface area contributed by atoms with Crippen molar-refractivity contribution < 1.29 is 9.90 Å². The average Bonchev–Trinajstić information content (AvgIpc) is 2.02. The maximum Gasteiger partial charge on any atom is 0.330 e. The minimum atomic E-state index is -0.827. The highest BCUT2D eigenvalue weighted by Gasteiger charge is 1.94. The van der Waals surface area contributed by atoms with Crippen LogP contribution in [0.1, 0.15) is 20.3 Å². The van der Waals surface area contributed by atoms with E-state index in [2.05, 4.69) is 0 Å². The normalized spacial score (nSPS) is 9.65. The molecule has 0 unspecified atom stereocenters. The van der Waals surface area contributed by atoms with E-state index in [0.29, 0.717) is 5.57 Å². The third kappa shape index (κ3) is 67.4. The first-order chi connectivity index (χ1) is 7.14. The maximum atomic E-state index is 10.0. The van der Waals surface area contributed by atoms with Crippen molar-refractivity contribution in [1.29, 1.82) is 0 Å². The summed E-state index contributed by atoms with van der Waals surface area (Å²) in [5.74, 6) is -0.827. The zero-order valence-electron chi connectivity index (χ0n) is 12.4. The number of hydrogen-bond donors (Lipinski definition) is 1. The summed E-state index contributed by atoms with van der Waals surface area (Å²) in [5, 5.41) is 8.24. The quantitative estimate of drug-likeness (QED) is 0.780. The number of carboxylic acids is 1. The van der Waals surface area contributed by atoms with Crippen molar-refractivity contribution in [2.75, 3.05) is 42.3 Å². The number of allylic oxidation sites excluding steroid dienone is 1. The predicted octanol–water partition coefficient (Wildman–Crippen LogP) is 2.20. The van der Waals surface area contributed by atoms with E-state index in [4.69, 9.17) is 5.11 Å². The van der Waals surface area contributed by atoms with Crippen molar-refractivity contribution in [3.8, 4) is 0 Å². The van der Waals surface area contributed by atoms with E-state index < -0.39 is 5.97 Å². The first-order valence-corrected chi connectivity index (χ1v) is 5.27. The lowest BCUT2D eigenvalue weighted by molar-refractivity contribution is -0.132. The van der Waals surface area contributed by atoms with E-state index in [1.54, 1.807) is 13.0 Å². The fourth-order valence-electron chi connectivity index (χ4n) is 0.393. The summed E-state index contributed by atoms with van der Waals surface area (Å²) < 4.78 is 0. The Hall–Kier alpha value is -0.580. The molecule has 0 aromatic carbocycles. The van der Waals surface area contributed by atoms with Gasteiger partial charge >= 0.3 is 5.97 Å². The highest BCUT2D eigenvalue weighted by molar-refractivity contribution is 5.85. The van der Waals surface area contributed by atoms with E-state index in [0.717, 1.165) is 6.42 Å². The second-order valence-corrected chi connectivity index (χ2v) is 4.28. The van der Waals surface area contributed by atoms with Crippen LogP contribution in [-0.2, 0) is 4.79 Å². The van der Waals surface area contributed by atoms with Gasteiger partial charge in [-0.15, -0.1) is 12.4 Å². The summed E-state index contributed by atoms with van der Waals surface area (Å²) in [4.78, 5) is 14.0. The van der Waals surface area contributed by atoms with E-state index >= 15 is 0 Å². The van der Waals surface area contributed by atoms with Crippen molar-refractivity contribution >= 4 is 18.4 Å². The summed E-state index contributed by atoms with van der Waals surface area (Å²) in [6.45, 7) is 3.50. The molecule has 0 atom stereocenters. The van der Waals surface area contributed by atoms with Crippen LogP contribution in [0.3, 0.4) is 0 Å². The number of carboxylic acid groups (broad SMARTS) is 1. The standard InChI is InChI=1S/C6H10O2.2C3H9N.ClH/c1-3-4-5(2)6(7)8;2*1-4(2)3;/h4H,3H2,1-2H3,(H,7,8);2*1-3H3;1H. The molecule has 0 amide bonds. The molecular weight excluding hydrogens is 240 g/mol. The van der Waals surface area contributed by atoms with Gasteiger partial charge in [-0.1, -0.05) is 13.0 Å². The van der Waals surface area contributed by atoms with Crippen LogP contribution < -0.4 is 0 Å². The van der Waals surface area contributed by atoms with Crippen molar-refractivity contribution in [3.05, 3.63) is 11.6 Å². The summed E-state index contributed by atoms with van der Waals surface area (Å²) >= 11 is 0. The van der Waals surface area contributed by atoms with Gasteiger partial charge in [0.05, 0.1) is 0 Å². The molecule has 0 fully saturated rings. The minimum Gasteiger partial charge on any atom is -0.478 e. The Morgan fingerprint density at radius 1 is 1.06 bits per heavy atom. The largest absolute Gasteiger partial charge is 0.478 e. The zero-order valence-corrected chi connectivity index (χ0v) is 13.3. The molecule has 0 radical (unpaired) electrons. The van der Waals surface area contributed by atoms with Crippen LogP contribution in [0.5, 0.6) is 0 Å². The van der Waals surface area contributed by atoms with Crippen LogP contribution in [0.15, 0.2) is 11.6 Å². The predicted molar refractivity (Wildman–Crippen MR) is 78.2 cm³/mol. The maximum absolute atomic E-state index is 10.0. The Bertz CT molecular complexity index is 181. The summed E-state index contributed by atoms with van der Waals surface area (Å²) in [6.07, 6.45) is 2.47. The van der Waals surface area contributed by atoms with Gasteiger partial charge in [0.1, 0.15) is 0 Å². The first kappa shape index (κ1) is 25.3. The van der Waals surface area contributed by atoms with Gasteiger partial charge in [0.15, 0.2) is 0 Å². The highest BCUT2D eigenvalue weighted by atomic mass is 35.5. The molecule has 0 spiro atoms. The molecule has 0 heterocycles. The Morgan fingerprint density at radius 3 is 1.35 bits per heavy atom. The molecule has 5 heteroatoms. The van der Waals surface area contributed by atoms with Crippen molar-refractivity contribution in [2.24, 2.45) is 0 Å². The highest BCUT2D eigenvalue weighted by Crippen LogP contribution is 1.92. The number of halogens is 1. The topological polar surface area (TPSA) is 43.8 Å². The summed E-state index contributed by atoms with van der Waals surface area (Å²) in [6, 6.07) is 0. The summed E-state index contributed by atoms with van der Waals surface area (Å²) in [7, 11) is 12.0. The van der Waals surface area contributed by atoms with Gasteiger partial charge in [-0.2, -0.15) is 0 Å². The van der Waals surface area contributed by atoms with Crippen LogP contribution in [0, 0.1) is 0 Å². The van der Waals surface area contributed by atoms with Gasteiger partial charge in [-0.25, -0.2) is 4.79 Å². The van der Waals surface area contributed by atoms with Crippen LogP contribution in [0.2, 0.25) is 0 Å². The average molecular weight is 269 g/mol. The smallest absolute Gasteiger partial charge is 0.330 e. The number of hydrogen-bond acceptors (Lipinski definition) is 3. The van der Waals surface area contributed by atoms with Gasteiger partial charge in [0.25, 0.3) is 0 Å². The SMILES string of the molecule is CCC=C(C)C(=O)O.CN(C)C.CN(C)C.Cl. The van der Waals surface area contributed by atoms with Gasteiger partial charge in [-0.3, -0.25) is 0 Å². The number of carbonyl (C=O) groups is 1. The van der Waals surface area contributed by atoms with Gasteiger partial charge in [-0.05, 0) is 55.6 Å². The van der Waals surface area contributed by atoms with Crippen molar-refractivity contribution in [2.45, 2.75) is 20.3 Å². The molecule has 0 aliphatic rings. The fourth-order valence-corrected chi connectivity index (χ4v) is 0.393. The van der Waals surface area contributed by atoms with Crippen LogP contribution in [0.4, 0.5) is 0 Å². The molecule has 0 aromatic heterocycles. The Kier molecular flexibility index (Phi) is 26.5. The Balaban J connectivity index is -0.0000000806. The lowest BCUT2D eigenvalue weighted by Crippen LogP contribution is -1.99. The number of nitrogens with zero attached hydrogens (tertiary/aromatic N) is 2. The second kappa shape index (κ2) is 17.8. The Morgan fingerprint density at radius 2 is 1.29 bits per heavy atom. The zero-order chi connectivity index (χ0) is 13.7. The molecule has 0 bridgehead atoms. The minimum absolute atomic E-state index is 0. The molecule has 0 aromatic rings. The molecule has 1 N–H and O–H groups in total.